The Morgan fingerprint density at radius 2 is 1.71 bits per heavy atom. The molecule has 98 valence electrons. The molecule has 2 saturated carbocycles. The summed E-state index contributed by atoms with van der Waals surface area (Å²) in [6, 6.07) is 0. The van der Waals surface area contributed by atoms with Crippen LogP contribution >= 0.6 is 0 Å². The maximum absolute atomic E-state index is 6.55. The Labute approximate surface area is 105 Å². The quantitative estimate of drug-likeness (QED) is 0.640. The second-order valence-corrected chi connectivity index (χ2v) is 7.65. The Kier molecular flexibility index (Phi) is 2.17. The summed E-state index contributed by atoms with van der Waals surface area (Å²) in [5.74, 6) is 0.421. The molecule has 0 aromatic heterocycles. The molecule has 3 aliphatic rings. The Bertz CT molecular complexity index is 340. The summed E-state index contributed by atoms with van der Waals surface area (Å²) in [4.78, 5) is 0. The van der Waals surface area contributed by atoms with Gasteiger partial charge in [0.15, 0.2) is 5.79 Å². The molecule has 0 radical (unpaired) electrons. The molecule has 2 aliphatic carbocycles. The summed E-state index contributed by atoms with van der Waals surface area (Å²) in [6.07, 6.45) is 5.12. The van der Waals surface area contributed by atoms with Crippen molar-refractivity contribution in [2.45, 2.75) is 71.7 Å². The topological polar surface area (TPSA) is 18.5 Å². The van der Waals surface area contributed by atoms with Crippen LogP contribution in [0.2, 0.25) is 0 Å². The molecule has 1 saturated heterocycles. The first-order valence-electron chi connectivity index (χ1n) is 7.07. The molecule has 2 heteroatoms. The van der Waals surface area contributed by atoms with Gasteiger partial charge < -0.3 is 9.47 Å². The van der Waals surface area contributed by atoms with Crippen LogP contribution in [0.25, 0.3) is 0 Å². The summed E-state index contributed by atoms with van der Waals surface area (Å²) in [7, 11) is 0. The molecule has 3 fully saturated rings. The summed E-state index contributed by atoms with van der Waals surface area (Å²) in [5, 5.41) is 0. The highest BCUT2D eigenvalue weighted by Gasteiger charge is 2.71. The molecule has 17 heavy (non-hydrogen) atoms. The Morgan fingerprint density at radius 3 is 2.24 bits per heavy atom. The van der Waals surface area contributed by atoms with E-state index in [1.54, 1.807) is 0 Å². The van der Waals surface area contributed by atoms with Crippen molar-refractivity contribution in [3.05, 3.63) is 0 Å². The van der Waals surface area contributed by atoms with E-state index in [4.69, 9.17) is 9.47 Å². The van der Waals surface area contributed by atoms with Gasteiger partial charge in [-0.05, 0) is 49.9 Å². The van der Waals surface area contributed by atoms with Gasteiger partial charge in [-0.2, -0.15) is 0 Å². The summed E-state index contributed by atoms with van der Waals surface area (Å²) >= 11 is 0. The fourth-order valence-corrected chi connectivity index (χ4v) is 5.15. The molecule has 3 atom stereocenters. The third-order valence-electron chi connectivity index (χ3n) is 6.10. The van der Waals surface area contributed by atoms with Crippen molar-refractivity contribution in [1.82, 2.24) is 0 Å². The monoisotopic (exact) mass is 238 g/mol. The van der Waals surface area contributed by atoms with Gasteiger partial charge in [-0.1, -0.05) is 20.8 Å². The number of fused-ring (bicyclic) bond motifs is 3. The zero-order valence-corrected chi connectivity index (χ0v) is 11.9. The molecule has 2 bridgehead atoms. The summed E-state index contributed by atoms with van der Waals surface area (Å²) in [5.41, 5.74) is 0.688. The van der Waals surface area contributed by atoms with E-state index < -0.39 is 5.79 Å². The lowest BCUT2D eigenvalue weighted by atomic mass is 9.58. The van der Waals surface area contributed by atoms with Crippen LogP contribution in [0.5, 0.6) is 0 Å². The molecule has 3 unspecified atom stereocenters. The minimum absolute atomic E-state index is 0.0324. The number of hydrogen-bond donors (Lipinski definition) is 0. The zero-order valence-electron chi connectivity index (χ0n) is 11.9. The molecule has 0 amide bonds. The maximum atomic E-state index is 6.55. The second kappa shape index (κ2) is 3.08. The molecule has 1 heterocycles. The minimum Gasteiger partial charge on any atom is -0.350 e. The highest BCUT2D eigenvalue weighted by molar-refractivity contribution is 5.19. The van der Waals surface area contributed by atoms with Crippen LogP contribution in [0.1, 0.15) is 60.3 Å². The highest BCUT2D eigenvalue weighted by Crippen LogP contribution is 2.71. The molecular weight excluding hydrogens is 212 g/mol. The van der Waals surface area contributed by atoms with E-state index in [0.717, 1.165) is 18.9 Å². The Morgan fingerprint density at radius 1 is 1.00 bits per heavy atom. The smallest absolute Gasteiger partial charge is 0.163 e. The predicted molar refractivity (Wildman–Crippen MR) is 67.7 cm³/mol. The molecule has 2 nitrogen and oxygen atoms in total. The lowest BCUT2D eigenvalue weighted by Crippen LogP contribution is -2.62. The van der Waals surface area contributed by atoms with Gasteiger partial charge in [-0.15, -0.1) is 0 Å². The Balaban J connectivity index is 2.05. The third-order valence-corrected chi connectivity index (χ3v) is 6.10. The van der Waals surface area contributed by atoms with Gasteiger partial charge in [-0.3, -0.25) is 0 Å². The van der Waals surface area contributed by atoms with E-state index in [-0.39, 0.29) is 5.60 Å². The van der Waals surface area contributed by atoms with Crippen molar-refractivity contribution in [1.29, 1.82) is 0 Å². The number of ether oxygens (including phenoxy) is 2. The van der Waals surface area contributed by atoms with Gasteiger partial charge in [0.2, 0.25) is 0 Å². The molecule has 0 aromatic rings. The second-order valence-electron chi connectivity index (χ2n) is 7.65. The van der Waals surface area contributed by atoms with Crippen LogP contribution < -0.4 is 0 Å². The van der Waals surface area contributed by atoms with Crippen molar-refractivity contribution >= 4 is 0 Å². The first-order chi connectivity index (χ1) is 7.73. The standard InChI is InChI=1S/C15H26O2/c1-12(2)11-6-7-14(5,10-11)15(12)8-9-16-13(3,4)17-15/h11H,6-10H2,1-5H3. The Hall–Kier alpha value is -0.0800. The van der Waals surface area contributed by atoms with E-state index >= 15 is 0 Å². The maximum Gasteiger partial charge on any atom is 0.163 e. The fraction of sp³-hybridized carbons (Fsp3) is 1.00. The van der Waals surface area contributed by atoms with Crippen LogP contribution in [0.3, 0.4) is 0 Å². The summed E-state index contributed by atoms with van der Waals surface area (Å²) < 4.78 is 12.3. The summed E-state index contributed by atoms with van der Waals surface area (Å²) in [6.45, 7) is 12.3. The van der Waals surface area contributed by atoms with Crippen LogP contribution in [0.4, 0.5) is 0 Å². The fourth-order valence-electron chi connectivity index (χ4n) is 5.15. The van der Waals surface area contributed by atoms with E-state index in [1.807, 2.05) is 0 Å². The first-order valence-corrected chi connectivity index (χ1v) is 7.07. The molecule has 3 rings (SSSR count). The van der Waals surface area contributed by atoms with E-state index in [2.05, 4.69) is 34.6 Å². The van der Waals surface area contributed by atoms with Crippen LogP contribution in [0, 0.1) is 16.7 Å². The highest BCUT2D eigenvalue weighted by atomic mass is 16.7. The SMILES string of the molecule is CC1(C)OCCC2(O1)C1(C)CCC(C1)C2(C)C. The predicted octanol–water partition coefficient (Wildman–Crippen LogP) is 3.74. The first kappa shape index (κ1) is 12.0. The van der Waals surface area contributed by atoms with Crippen LogP contribution in [-0.2, 0) is 9.47 Å². The average molecular weight is 238 g/mol. The molecule has 0 N–H and O–H groups in total. The van der Waals surface area contributed by atoms with Gasteiger partial charge >= 0.3 is 0 Å². The van der Waals surface area contributed by atoms with E-state index in [9.17, 15) is 0 Å². The lowest BCUT2D eigenvalue weighted by molar-refractivity contribution is -0.358. The lowest BCUT2D eigenvalue weighted by Gasteiger charge is -2.59. The largest absolute Gasteiger partial charge is 0.350 e. The number of hydrogen-bond acceptors (Lipinski definition) is 2. The van der Waals surface area contributed by atoms with Crippen molar-refractivity contribution in [3.8, 4) is 0 Å². The van der Waals surface area contributed by atoms with Crippen molar-refractivity contribution in [2.24, 2.45) is 16.7 Å². The average Bonchev–Trinajstić information content (AvgIpc) is 2.65. The van der Waals surface area contributed by atoms with Gasteiger partial charge in [0.1, 0.15) is 0 Å². The minimum atomic E-state index is -0.414. The molecule has 1 aliphatic heterocycles. The van der Waals surface area contributed by atoms with Gasteiger partial charge in [0, 0.05) is 6.42 Å². The normalized spacial score (nSPS) is 51.0. The molecule has 1 spiro atoms. The van der Waals surface area contributed by atoms with E-state index in [1.165, 1.54) is 19.3 Å². The van der Waals surface area contributed by atoms with Crippen molar-refractivity contribution < 1.29 is 9.47 Å². The van der Waals surface area contributed by atoms with Gasteiger partial charge in [0.25, 0.3) is 0 Å². The third kappa shape index (κ3) is 1.29. The van der Waals surface area contributed by atoms with E-state index in [0.29, 0.717) is 10.8 Å². The van der Waals surface area contributed by atoms with Crippen LogP contribution in [0.15, 0.2) is 0 Å². The zero-order chi connectivity index (χ0) is 12.5. The molecule has 0 aromatic carbocycles. The van der Waals surface area contributed by atoms with Crippen molar-refractivity contribution in [2.75, 3.05) is 6.61 Å². The van der Waals surface area contributed by atoms with Gasteiger partial charge in [0.05, 0.1) is 12.2 Å². The molecular formula is C15H26O2. The van der Waals surface area contributed by atoms with Gasteiger partial charge in [-0.25, -0.2) is 0 Å². The van der Waals surface area contributed by atoms with Crippen molar-refractivity contribution in [3.63, 3.8) is 0 Å². The van der Waals surface area contributed by atoms with Crippen LogP contribution in [-0.4, -0.2) is 18.0 Å². The number of rotatable bonds is 0.